The summed E-state index contributed by atoms with van der Waals surface area (Å²) in [4.78, 5) is 34.7. The highest BCUT2D eigenvalue weighted by atomic mass is 32.1. The van der Waals surface area contributed by atoms with E-state index in [9.17, 15) is 9.59 Å². The number of allylic oxidation sites excluding steroid dienone is 1. The van der Waals surface area contributed by atoms with Gasteiger partial charge in [-0.2, -0.15) is 5.26 Å². The number of benzene rings is 3. The summed E-state index contributed by atoms with van der Waals surface area (Å²) in [6, 6.07) is 25.0. The monoisotopic (exact) mass is 601 g/mol. The number of nitriles is 1. The minimum atomic E-state index is -0.665. The van der Waals surface area contributed by atoms with Gasteiger partial charge in [-0.3, -0.25) is 9.36 Å². The predicted octanol–water partition coefficient (Wildman–Crippen LogP) is 4.74. The average Bonchev–Trinajstić information content (AvgIpc) is 3.53. The smallest absolute Gasteiger partial charge is 0.338 e. The molecule has 0 radical (unpaired) electrons. The molecule has 0 saturated carbocycles. The van der Waals surface area contributed by atoms with Crippen LogP contribution in [-0.2, 0) is 16.1 Å². The molecular weight excluding hydrogens is 570 g/mol. The number of nitrogens with zero attached hydrogens (tertiary/aromatic N) is 5. The molecule has 2 aromatic heterocycles. The molecule has 0 fully saturated rings. The molecule has 8 nitrogen and oxygen atoms in total. The average molecular weight is 602 g/mol. The Morgan fingerprint density at radius 1 is 1.09 bits per heavy atom. The van der Waals surface area contributed by atoms with Crippen LogP contribution in [0.2, 0.25) is 0 Å². The second-order valence-corrected chi connectivity index (χ2v) is 11.8. The van der Waals surface area contributed by atoms with Crippen molar-refractivity contribution in [2.75, 3.05) is 25.6 Å². The number of hydrogen-bond acceptors (Lipinski definition) is 7. The Morgan fingerprint density at radius 3 is 2.50 bits per heavy atom. The van der Waals surface area contributed by atoms with E-state index in [2.05, 4.69) is 16.7 Å². The van der Waals surface area contributed by atoms with Crippen molar-refractivity contribution in [3.8, 4) is 6.07 Å². The van der Waals surface area contributed by atoms with Gasteiger partial charge in [0.15, 0.2) is 4.80 Å². The Bertz CT molecular complexity index is 2140. The number of fused-ring (bicyclic) bond motifs is 2. The van der Waals surface area contributed by atoms with Crippen molar-refractivity contribution in [3.63, 3.8) is 0 Å². The number of para-hydroxylation sites is 1. The first-order chi connectivity index (χ1) is 21.3. The Kier molecular flexibility index (Phi) is 7.77. The first-order valence-electron chi connectivity index (χ1n) is 14.3. The van der Waals surface area contributed by atoms with Crippen LogP contribution in [0.3, 0.4) is 0 Å². The quantitative estimate of drug-likeness (QED) is 0.252. The van der Waals surface area contributed by atoms with E-state index in [1.54, 1.807) is 18.4 Å². The Morgan fingerprint density at radius 2 is 1.82 bits per heavy atom. The minimum Gasteiger partial charge on any atom is -0.463 e. The van der Waals surface area contributed by atoms with Crippen LogP contribution in [-0.4, -0.2) is 35.8 Å². The van der Waals surface area contributed by atoms with E-state index in [1.807, 2.05) is 98.0 Å². The van der Waals surface area contributed by atoms with Crippen LogP contribution >= 0.6 is 11.3 Å². The number of ether oxygens (including phenoxy) is 1. The molecule has 220 valence electrons. The van der Waals surface area contributed by atoms with Gasteiger partial charge in [0.05, 0.1) is 40.1 Å². The first kappa shape index (κ1) is 28.9. The third kappa shape index (κ3) is 5.25. The molecule has 44 heavy (non-hydrogen) atoms. The fourth-order valence-electron chi connectivity index (χ4n) is 5.61. The zero-order valence-corrected chi connectivity index (χ0v) is 25.8. The summed E-state index contributed by atoms with van der Waals surface area (Å²) in [5.41, 5.74) is 6.14. The van der Waals surface area contributed by atoms with E-state index in [0.717, 1.165) is 33.3 Å². The van der Waals surface area contributed by atoms with Crippen LogP contribution in [0.4, 0.5) is 5.69 Å². The SMILES string of the molecule is CCOC(=O)C1=C(C)N=c2s/c(=C\c3cn(Cc4ccc(C#N)cc4)c4ccccc34)c(=O)n2[C@@H]1c1ccc(N(C)C)cc1. The molecule has 0 unspecified atom stereocenters. The topological polar surface area (TPSA) is 92.6 Å². The molecule has 0 saturated heterocycles. The largest absolute Gasteiger partial charge is 0.463 e. The van der Waals surface area contributed by atoms with E-state index in [0.29, 0.717) is 32.7 Å². The van der Waals surface area contributed by atoms with Crippen molar-refractivity contribution < 1.29 is 9.53 Å². The van der Waals surface area contributed by atoms with Gasteiger partial charge in [0, 0.05) is 49.0 Å². The number of hydrogen-bond donors (Lipinski definition) is 0. The Balaban J connectivity index is 1.49. The number of anilines is 1. The van der Waals surface area contributed by atoms with Crippen molar-refractivity contribution in [1.82, 2.24) is 9.13 Å². The van der Waals surface area contributed by atoms with Gasteiger partial charge in [0.2, 0.25) is 0 Å². The summed E-state index contributed by atoms with van der Waals surface area (Å²) >= 11 is 1.31. The lowest BCUT2D eigenvalue weighted by Crippen LogP contribution is -2.39. The van der Waals surface area contributed by atoms with Gasteiger partial charge < -0.3 is 14.2 Å². The molecular formula is C35H31N5O3S. The van der Waals surface area contributed by atoms with Crippen molar-refractivity contribution >= 4 is 40.0 Å². The van der Waals surface area contributed by atoms with E-state index >= 15 is 0 Å². The van der Waals surface area contributed by atoms with E-state index in [4.69, 9.17) is 15.0 Å². The van der Waals surface area contributed by atoms with Crippen LogP contribution in [0.25, 0.3) is 17.0 Å². The van der Waals surface area contributed by atoms with Crippen LogP contribution in [0.5, 0.6) is 0 Å². The molecule has 0 bridgehead atoms. The lowest BCUT2D eigenvalue weighted by molar-refractivity contribution is -0.139. The van der Waals surface area contributed by atoms with Crippen molar-refractivity contribution in [2.45, 2.75) is 26.4 Å². The molecule has 6 rings (SSSR count). The lowest BCUT2D eigenvalue weighted by atomic mass is 9.95. The Hall–Kier alpha value is -5.20. The molecule has 3 aromatic carbocycles. The number of carbonyl (C=O) groups is 1. The minimum absolute atomic E-state index is 0.214. The lowest BCUT2D eigenvalue weighted by Gasteiger charge is -2.25. The number of thiazole rings is 1. The third-order valence-electron chi connectivity index (χ3n) is 7.78. The maximum absolute atomic E-state index is 14.2. The number of carbonyl (C=O) groups excluding carboxylic acids is 1. The van der Waals surface area contributed by atoms with E-state index in [1.165, 1.54) is 11.3 Å². The predicted molar refractivity (Wildman–Crippen MR) is 173 cm³/mol. The van der Waals surface area contributed by atoms with Gasteiger partial charge in [-0.25, -0.2) is 9.79 Å². The van der Waals surface area contributed by atoms with Gasteiger partial charge >= 0.3 is 5.97 Å². The number of aromatic nitrogens is 2. The highest BCUT2D eigenvalue weighted by molar-refractivity contribution is 7.07. The van der Waals surface area contributed by atoms with Gasteiger partial charge in [-0.15, -0.1) is 0 Å². The molecule has 0 amide bonds. The number of rotatable bonds is 7. The zero-order chi connectivity index (χ0) is 31.0. The molecule has 3 heterocycles. The summed E-state index contributed by atoms with van der Waals surface area (Å²) in [6.07, 6.45) is 3.96. The molecule has 1 atom stereocenters. The van der Waals surface area contributed by atoms with Crippen molar-refractivity contribution in [3.05, 3.63) is 132 Å². The van der Waals surface area contributed by atoms with Gasteiger partial charge in [0.1, 0.15) is 0 Å². The van der Waals surface area contributed by atoms with Crippen LogP contribution in [0.15, 0.2) is 100 Å². The van der Waals surface area contributed by atoms with Crippen LogP contribution in [0, 0.1) is 11.3 Å². The highest BCUT2D eigenvalue weighted by Crippen LogP contribution is 2.32. The summed E-state index contributed by atoms with van der Waals surface area (Å²) in [7, 11) is 3.93. The second kappa shape index (κ2) is 11.8. The molecule has 1 aliphatic heterocycles. The fraction of sp³-hybridized carbons (Fsp3) is 0.200. The summed E-state index contributed by atoms with van der Waals surface area (Å²) < 4.78 is 9.73. The fourth-order valence-corrected chi connectivity index (χ4v) is 6.64. The standard InChI is InChI=1S/C35H31N5O3S/c1-5-43-34(42)31-22(2)37-35-40(32(31)25-14-16-27(17-15-25)38(3)4)33(41)30(44-35)18-26-21-39(29-9-7-6-8-28(26)29)20-24-12-10-23(19-36)11-13-24/h6-18,21,32H,5,20H2,1-4H3/b30-18-/t32-/m1/s1. The second-order valence-electron chi connectivity index (χ2n) is 10.8. The molecule has 9 heteroatoms. The highest BCUT2D eigenvalue weighted by Gasteiger charge is 2.33. The number of esters is 1. The summed E-state index contributed by atoms with van der Waals surface area (Å²) in [5, 5.41) is 10.2. The van der Waals surface area contributed by atoms with Crippen molar-refractivity contribution in [2.24, 2.45) is 4.99 Å². The molecule has 0 spiro atoms. The molecule has 0 N–H and O–H groups in total. The maximum atomic E-state index is 14.2. The van der Waals surface area contributed by atoms with Crippen molar-refractivity contribution in [1.29, 1.82) is 5.26 Å². The summed E-state index contributed by atoms with van der Waals surface area (Å²) in [6.45, 7) is 4.40. The molecule has 1 aliphatic rings. The van der Waals surface area contributed by atoms with Crippen LogP contribution < -0.4 is 19.8 Å². The van der Waals surface area contributed by atoms with Gasteiger partial charge in [-0.1, -0.05) is 53.8 Å². The normalized spacial score (nSPS) is 14.7. The van der Waals surface area contributed by atoms with E-state index < -0.39 is 12.0 Å². The maximum Gasteiger partial charge on any atom is 0.338 e. The molecule has 0 aliphatic carbocycles. The zero-order valence-electron chi connectivity index (χ0n) is 24.9. The molecule has 5 aromatic rings. The third-order valence-corrected chi connectivity index (χ3v) is 8.77. The summed E-state index contributed by atoms with van der Waals surface area (Å²) in [5.74, 6) is -0.476. The van der Waals surface area contributed by atoms with E-state index in [-0.39, 0.29) is 12.2 Å². The Labute approximate surface area is 258 Å². The van der Waals surface area contributed by atoms with Gasteiger partial charge in [-0.05, 0) is 61.4 Å². The first-order valence-corrected chi connectivity index (χ1v) is 15.1. The van der Waals surface area contributed by atoms with Crippen LogP contribution in [0.1, 0.15) is 42.1 Å². The van der Waals surface area contributed by atoms with Gasteiger partial charge in [0.25, 0.3) is 5.56 Å².